The molecule has 0 spiro atoms. The number of sulfonamides is 1. The van der Waals surface area contributed by atoms with Crippen molar-refractivity contribution < 1.29 is 22.7 Å². The van der Waals surface area contributed by atoms with Gasteiger partial charge in [-0.05, 0) is 71.7 Å². The number of nitrogens with zero attached hydrogens (tertiary/aromatic N) is 2. The number of rotatable bonds is 11. The van der Waals surface area contributed by atoms with Gasteiger partial charge in [-0.2, -0.15) is 0 Å². The molecule has 0 aliphatic heterocycles. The molecule has 0 saturated carbocycles. The van der Waals surface area contributed by atoms with Crippen molar-refractivity contribution in [3.63, 3.8) is 0 Å². The molecule has 214 valence electrons. The highest BCUT2D eigenvalue weighted by Crippen LogP contribution is 2.32. The number of amides is 2. The van der Waals surface area contributed by atoms with E-state index in [0.717, 1.165) is 9.87 Å². The van der Waals surface area contributed by atoms with E-state index in [9.17, 15) is 18.0 Å². The van der Waals surface area contributed by atoms with Crippen molar-refractivity contribution in [1.82, 2.24) is 10.2 Å². The Morgan fingerprint density at radius 3 is 2.20 bits per heavy atom. The monoisotopic (exact) mass is 669 g/mol. The van der Waals surface area contributed by atoms with Crippen LogP contribution in [-0.2, 0) is 26.2 Å². The number of hydrogen-bond donors (Lipinski definition) is 1. The summed E-state index contributed by atoms with van der Waals surface area (Å²) in [6.45, 7) is 2.96. The summed E-state index contributed by atoms with van der Waals surface area (Å²) in [5.74, 6) is -0.554. The number of methoxy groups -OCH3 is 1. The number of halogens is 3. The third kappa shape index (κ3) is 7.09. The van der Waals surface area contributed by atoms with Crippen LogP contribution in [0.5, 0.6) is 5.75 Å². The molecule has 0 unspecified atom stereocenters. The molecule has 2 amide bonds. The summed E-state index contributed by atoms with van der Waals surface area (Å²) >= 11 is 16.1. The molecule has 0 aliphatic carbocycles. The molecule has 0 bridgehead atoms. The number of nitrogens with one attached hydrogen (secondary N) is 1. The molecular weight excluding hydrogens is 641 g/mol. The molecule has 0 fully saturated rings. The average Bonchev–Trinajstić information content (AvgIpc) is 2.93. The number of benzene rings is 3. The molecule has 8 nitrogen and oxygen atoms in total. The third-order valence-corrected chi connectivity index (χ3v) is 9.43. The van der Waals surface area contributed by atoms with Crippen molar-refractivity contribution in [2.45, 2.75) is 37.8 Å². The van der Waals surface area contributed by atoms with Gasteiger partial charge in [0.2, 0.25) is 11.8 Å². The van der Waals surface area contributed by atoms with Gasteiger partial charge < -0.3 is 15.0 Å². The van der Waals surface area contributed by atoms with Crippen LogP contribution in [-0.4, -0.2) is 51.9 Å². The Balaban J connectivity index is 2.11. The van der Waals surface area contributed by atoms with Gasteiger partial charge in [0, 0.05) is 29.2 Å². The molecule has 3 aromatic carbocycles. The van der Waals surface area contributed by atoms with Crippen LogP contribution in [0.4, 0.5) is 5.69 Å². The average molecular weight is 671 g/mol. The predicted molar refractivity (Wildman–Crippen MR) is 162 cm³/mol. The van der Waals surface area contributed by atoms with Gasteiger partial charge in [0.25, 0.3) is 10.0 Å². The Labute approximate surface area is 253 Å². The number of aryl methyl sites for hydroxylation is 1. The van der Waals surface area contributed by atoms with E-state index in [2.05, 4.69) is 21.2 Å². The summed E-state index contributed by atoms with van der Waals surface area (Å²) in [5, 5.41) is 3.23. The van der Waals surface area contributed by atoms with Crippen LogP contribution in [0.15, 0.2) is 70.0 Å². The molecule has 12 heteroatoms. The fourth-order valence-corrected chi connectivity index (χ4v) is 6.76. The molecular formula is C28H30BrCl2N3O5S. The van der Waals surface area contributed by atoms with Crippen LogP contribution in [0.1, 0.15) is 24.5 Å². The van der Waals surface area contributed by atoms with Crippen molar-refractivity contribution >= 4 is 66.7 Å². The van der Waals surface area contributed by atoms with Crippen LogP contribution in [0.25, 0.3) is 0 Å². The molecule has 0 radical (unpaired) electrons. The molecule has 0 saturated heterocycles. The number of ether oxygens (including phenoxy) is 1. The maximum Gasteiger partial charge on any atom is 0.264 e. The van der Waals surface area contributed by atoms with E-state index in [-0.39, 0.29) is 23.5 Å². The van der Waals surface area contributed by atoms with Crippen molar-refractivity contribution in [1.29, 1.82) is 0 Å². The lowest BCUT2D eigenvalue weighted by molar-refractivity contribution is -0.140. The van der Waals surface area contributed by atoms with E-state index in [1.54, 1.807) is 49.4 Å². The highest BCUT2D eigenvalue weighted by molar-refractivity contribution is 9.10. The molecule has 1 atom stereocenters. The summed E-state index contributed by atoms with van der Waals surface area (Å²) < 4.78 is 34.7. The molecule has 0 aliphatic rings. The molecule has 0 aromatic heterocycles. The zero-order valence-electron chi connectivity index (χ0n) is 22.4. The topological polar surface area (TPSA) is 96.0 Å². The minimum Gasteiger partial charge on any atom is -0.496 e. The Hall–Kier alpha value is -2.79. The summed E-state index contributed by atoms with van der Waals surface area (Å²) in [6.07, 6.45) is 0.274. The molecule has 3 rings (SSSR count). The van der Waals surface area contributed by atoms with Crippen molar-refractivity contribution in [2.75, 3.05) is 25.0 Å². The first-order valence-corrected chi connectivity index (χ1v) is 15.3. The Bertz CT molecular complexity index is 1470. The maximum absolute atomic E-state index is 14.0. The largest absolute Gasteiger partial charge is 0.496 e. The lowest BCUT2D eigenvalue weighted by Crippen LogP contribution is -2.51. The molecule has 3 aromatic rings. The standard InChI is InChI=1S/C28H30BrCl2N3O5S/c1-5-25(28(36)32-3)33(16-21-23(30)7-6-8-24(21)31)27(35)17-34(19-11-9-18(2)10-12-19)40(37,38)20-13-14-26(39-4)22(29)15-20/h6-15,25H,5,16-17H2,1-4H3,(H,32,36)/t25-/m1/s1. The minimum atomic E-state index is -4.24. The number of hydrogen-bond acceptors (Lipinski definition) is 5. The van der Waals surface area contributed by atoms with E-state index in [0.29, 0.717) is 25.8 Å². The van der Waals surface area contributed by atoms with E-state index in [1.807, 2.05) is 6.92 Å². The van der Waals surface area contributed by atoms with Gasteiger partial charge in [-0.3, -0.25) is 13.9 Å². The highest BCUT2D eigenvalue weighted by Gasteiger charge is 2.34. The van der Waals surface area contributed by atoms with Crippen molar-refractivity contribution in [3.05, 3.63) is 86.3 Å². The lowest BCUT2D eigenvalue weighted by atomic mass is 10.1. The van der Waals surface area contributed by atoms with Crippen molar-refractivity contribution in [3.8, 4) is 5.75 Å². The quantitative estimate of drug-likeness (QED) is 0.277. The fourth-order valence-electron chi connectivity index (χ4n) is 4.11. The first-order chi connectivity index (χ1) is 18.9. The van der Waals surface area contributed by atoms with Crippen LogP contribution < -0.4 is 14.4 Å². The first-order valence-electron chi connectivity index (χ1n) is 12.3. The predicted octanol–water partition coefficient (Wildman–Crippen LogP) is 5.82. The van der Waals surface area contributed by atoms with E-state index in [4.69, 9.17) is 27.9 Å². The van der Waals surface area contributed by atoms with Gasteiger partial charge in [0.15, 0.2) is 0 Å². The van der Waals surface area contributed by atoms with Crippen LogP contribution >= 0.6 is 39.1 Å². The highest BCUT2D eigenvalue weighted by atomic mass is 79.9. The van der Waals surface area contributed by atoms with Gasteiger partial charge in [-0.1, -0.05) is 53.9 Å². The Kier molecular flexibility index (Phi) is 10.9. The normalized spacial score (nSPS) is 12.0. The van der Waals surface area contributed by atoms with Gasteiger partial charge in [0.05, 0.1) is 22.2 Å². The van der Waals surface area contributed by atoms with Crippen molar-refractivity contribution in [2.24, 2.45) is 0 Å². The third-order valence-electron chi connectivity index (χ3n) is 6.33. The molecule has 1 N–H and O–H groups in total. The minimum absolute atomic E-state index is 0.0485. The van der Waals surface area contributed by atoms with E-state index in [1.165, 1.54) is 37.3 Å². The number of likely N-dealkylation sites (N-methyl/N-ethyl adjacent to an activating group) is 1. The van der Waals surface area contributed by atoms with Gasteiger partial charge in [-0.15, -0.1) is 0 Å². The number of carbonyl (C=O) groups is 2. The van der Waals surface area contributed by atoms with Gasteiger partial charge in [0.1, 0.15) is 18.3 Å². The molecule has 40 heavy (non-hydrogen) atoms. The SMILES string of the molecule is CC[C@H](C(=O)NC)N(Cc1c(Cl)cccc1Cl)C(=O)CN(c1ccc(C)cc1)S(=O)(=O)c1ccc(OC)c(Br)c1. The smallest absolute Gasteiger partial charge is 0.264 e. The van der Waals surface area contributed by atoms with Crippen LogP contribution in [0, 0.1) is 6.92 Å². The van der Waals surface area contributed by atoms with Crippen LogP contribution in [0.2, 0.25) is 10.0 Å². The van der Waals surface area contributed by atoms with E-state index >= 15 is 0 Å². The summed E-state index contributed by atoms with van der Waals surface area (Å²) in [4.78, 5) is 28.1. The second-order valence-electron chi connectivity index (χ2n) is 8.90. The zero-order valence-corrected chi connectivity index (χ0v) is 26.4. The van der Waals surface area contributed by atoms with E-state index < -0.39 is 34.4 Å². The lowest BCUT2D eigenvalue weighted by Gasteiger charge is -2.33. The van der Waals surface area contributed by atoms with Gasteiger partial charge >= 0.3 is 0 Å². The Morgan fingerprint density at radius 2 is 1.68 bits per heavy atom. The second kappa shape index (κ2) is 13.7. The van der Waals surface area contributed by atoms with Crippen LogP contribution in [0.3, 0.4) is 0 Å². The van der Waals surface area contributed by atoms with Gasteiger partial charge in [-0.25, -0.2) is 8.42 Å². The second-order valence-corrected chi connectivity index (χ2v) is 12.4. The molecule has 0 heterocycles. The number of anilines is 1. The number of carbonyl (C=O) groups excluding carboxylic acids is 2. The zero-order chi connectivity index (χ0) is 29.6. The Morgan fingerprint density at radius 1 is 1.05 bits per heavy atom. The summed E-state index contributed by atoms with van der Waals surface area (Å²) in [6, 6.07) is 15.2. The summed E-state index contributed by atoms with van der Waals surface area (Å²) in [5.41, 5.74) is 1.65. The maximum atomic E-state index is 14.0. The summed E-state index contributed by atoms with van der Waals surface area (Å²) in [7, 11) is -1.30. The fraction of sp³-hybridized carbons (Fsp3) is 0.286. The first kappa shape index (κ1) is 31.7.